The highest BCUT2D eigenvalue weighted by Gasteiger charge is 2.21. The van der Waals surface area contributed by atoms with Gasteiger partial charge in [0.2, 0.25) is 0 Å². The lowest BCUT2D eigenvalue weighted by atomic mass is 9.85. The van der Waals surface area contributed by atoms with Gasteiger partial charge in [0.25, 0.3) is 0 Å². The fourth-order valence-corrected chi connectivity index (χ4v) is 3.28. The average molecular weight is 287 g/mol. The van der Waals surface area contributed by atoms with Crippen molar-refractivity contribution in [3.8, 4) is 0 Å². The average Bonchev–Trinajstić information content (AvgIpc) is 3.36. The molecule has 1 aromatic rings. The fraction of sp³-hybridized carbons (Fsp3) is 0.684. The zero-order valence-corrected chi connectivity index (χ0v) is 13.3. The molecule has 0 radical (unpaired) electrons. The predicted octanol–water partition coefficient (Wildman–Crippen LogP) is 4.42. The zero-order valence-electron chi connectivity index (χ0n) is 13.3. The van der Waals surface area contributed by atoms with E-state index in [0.29, 0.717) is 6.10 Å². The Morgan fingerprint density at radius 2 is 1.81 bits per heavy atom. The summed E-state index contributed by atoms with van der Waals surface area (Å²) >= 11 is 0. The van der Waals surface area contributed by atoms with E-state index in [2.05, 4.69) is 36.5 Å². The van der Waals surface area contributed by atoms with Gasteiger partial charge < -0.3 is 10.1 Å². The van der Waals surface area contributed by atoms with Gasteiger partial charge in [-0.3, -0.25) is 0 Å². The van der Waals surface area contributed by atoms with E-state index in [1.165, 1.54) is 56.1 Å². The quantitative estimate of drug-likeness (QED) is 0.801. The summed E-state index contributed by atoms with van der Waals surface area (Å²) in [7, 11) is 0. The number of hydrogen-bond acceptors (Lipinski definition) is 2. The van der Waals surface area contributed by atoms with Crippen LogP contribution in [0, 0.1) is 5.92 Å². The Labute approximate surface area is 129 Å². The van der Waals surface area contributed by atoms with Gasteiger partial charge >= 0.3 is 0 Å². The first-order chi connectivity index (χ1) is 10.3. The summed E-state index contributed by atoms with van der Waals surface area (Å²) in [6.07, 6.45) is 9.76. The second-order valence-electron chi connectivity index (χ2n) is 6.85. The SMILES string of the molecule is CCC1CCCC(OCc2ccc(CNC3CC3)cc2)C1. The molecule has 2 unspecified atom stereocenters. The van der Waals surface area contributed by atoms with Crippen LogP contribution in [0.5, 0.6) is 0 Å². The minimum atomic E-state index is 0.486. The summed E-state index contributed by atoms with van der Waals surface area (Å²) in [5.41, 5.74) is 2.69. The molecule has 2 heteroatoms. The molecule has 2 atom stereocenters. The van der Waals surface area contributed by atoms with E-state index in [-0.39, 0.29) is 0 Å². The molecule has 3 rings (SSSR count). The molecule has 1 aromatic carbocycles. The molecule has 2 aliphatic carbocycles. The predicted molar refractivity (Wildman–Crippen MR) is 87.1 cm³/mol. The number of benzene rings is 1. The van der Waals surface area contributed by atoms with Gasteiger partial charge in [-0.05, 0) is 42.7 Å². The molecule has 2 nitrogen and oxygen atoms in total. The van der Waals surface area contributed by atoms with Crippen LogP contribution in [0.25, 0.3) is 0 Å². The highest BCUT2D eigenvalue weighted by molar-refractivity contribution is 5.22. The maximum atomic E-state index is 6.13. The van der Waals surface area contributed by atoms with Crippen molar-refractivity contribution in [3.63, 3.8) is 0 Å². The molecule has 0 spiro atoms. The van der Waals surface area contributed by atoms with Crippen LogP contribution in [0.2, 0.25) is 0 Å². The van der Waals surface area contributed by atoms with E-state index < -0.39 is 0 Å². The Bertz CT molecular complexity index is 424. The minimum absolute atomic E-state index is 0.486. The van der Waals surface area contributed by atoms with Crippen molar-refractivity contribution in [1.29, 1.82) is 0 Å². The summed E-state index contributed by atoms with van der Waals surface area (Å²) in [5.74, 6) is 0.889. The first-order valence-electron chi connectivity index (χ1n) is 8.76. The van der Waals surface area contributed by atoms with Crippen LogP contribution < -0.4 is 5.32 Å². The third kappa shape index (κ3) is 4.82. The molecule has 116 valence electrons. The summed E-state index contributed by atoms with van der Waals surface area (Å²) < 4.78 is 6.13. The summed E-state index contributed by atoms with van der Waals surface area (Å²) in [6, 6.07) is 9.72. The second kappa shape index (κ2) is 7.42. The monoisotopic (exact) mass is 287 g/mol. The Morgan fingerprint density at radius 1 is 1.05 bits per heavy atom. The minimum Gasteiger partial charge on any atom is -0.374 e. The molecule has 0 aliphatic heterocycles. The van der Waals surface area contributed by atoms with E-state index >= 15 is 0 Å². The molecule has 0 amide bonds. The van der Waals surface area contributed by atoms with Gasteiger partial charge in [0.15, 0.2) is 0 Å². The largest absolute Gasteiger partial charge is 0.374 e. The maximum Gasteiger partial charge on any atom is 0.0720 e. The summed E-state index contributed by atoms with van der Waals surface area (Å²) in [6.45, 7) is 4.09. The normalized spacial score (nSPS) is 26.0. The second-order valence-corrected chi connectivity index (χ2v) is 6.85. The van der Waals surface area contributed by atoms with Gasteiger partial charge in [0.05, 0.1) is 12.7 Å². The van der Waals surface area contributed by atoms with E-state index in [1.54, 1.807) is 0 Å². The molecule has 0 saturated heterocycles. The molecular weight excluding hydrogens is 258 g/mol. The van der Waals surface area contributed by atoms with Gasteiger partial charge in [-0.2, -0.15) is 0 Å². The molecule has 0 bridgehead atoms. The smallest absolute Gasteiger partial charge is 0.0720 e. The van der Waals surface area contributed by atoms with E-state index in [1.807, 2.05) is 0 Å². The molecule has 1 N–H and O–H groups in total. The first kappa shape index (κ1) is 15.1. The van der Waals surface area contributed by atoms with Crippen LogP contribution in [-0.4, -0.2) is 12.1 Å². The van der Waals surface area contributed by atoms with Crippen LogP contribution in [0.4, 0.5) is 0 Å². The van der Waals surface area contributed by atoms with E-state index in [0.717, 1.165) is 25.1 Å². The van der Waals surface area contributed by atoms with Gasteiger partial charge in [-0.15, -0.1) is 0 Å². The number of rotatable bonds is 7. The van der Waals surface area contributed by atoms with Crippen molar-refractivity contribution >= 4 is 0 Å². The summed E-state index contributed by atoms with van der Waals surface area (Å²) in [4.78, 5) is 0. The van der Waals surface area contributed by atoms with Gasteiger partial charge in [0, 0.05) is 12.6 Å². The lowest BCUT2D eigenvalue weighted by Gasteiger charge is -2.28. The van der Waals surface area contributed by atoms with E-state index in [9.17, 15) is 0 Å². The summed E-state index contributed by atoms with van der Waals surface area (Å²) in [5, 5.41) is 3.56. The van der Waals surface area contributed by atoms with Crippen LogP contribution in [0.1, 0.15) is 63.0 Å². The van der Waals surface area contributed by atoms with Crippen LogP contribution in [-0.2, 0) is 17.9 Å². The Morgan fingerprint density at radius 3 is 2.52 bits per heavy atom. The first-order valence-corrected chi connectivity index (χ1v) is 8.76. The third-order valence-corrected chi connectivity index (χ3v) is 4.99. The van der Waals surface area contributed by atoms with E-state index in [4.69, 9.17) is 4.74 Å². The number of hydrogen-bond donors (Lipinski definition) is 1. The zero-order chi connectivity index (χ0) is 14.5. The number of nitrogens with one attached hydrogen (secondary N) is 1. The third-order valence-electron chi connectivity index (χ3n) is 4.99. The number of ether oxygens (including phenoxy) is 1. The lowest BCUT2D eigenvalue weighted by Crippen LogP contribution is -2.22. The Balaban J connectivity index is 1.41. The van der Waals surface area contributed by atoms with Gasteiger partial charge in [-0.1, -0.05) is 50.5 Å². The lowest BCUT2D eigenvalue weighted by molar-refractivity contribution is 0.00176. The molecule has 0 heterocycles. The van der Waals surface area contributed by atoms with Crippen molar-refractivity contribution in [3.05, 3.63) is 35.4 Å². The van der Waals surface area contributed by atoms with Crippen LogP contribution >= 0.6 is 0 Å². The fourth-order valence-electron chi connectivity index (χ4n) is 3.28. The molecule has 21 heavy (non-hydrogen) atoms. The van der Waals surface area contributed by atoms with Crippen molar-refractivity contribution in [2.24, 2.45) is 5.92 Å². The highest BCUT2D eigenvalue weighted by Crippen LogP contribution is 2.29. The topological polar surface area (TPSA) is 21.3 Å². The van der Waals surface area contributed by atoms with Crippen molar-refractivity contribution in [1.82, 2.24) is 5.32 Å². The van der Waals surface area contributed by atoms with Crippen molar-refractivity contribution in [2.45, 2.75) is 77.2 Å². The molecule has 0 aromatic heterocycles. The molecule has 2 aliphatic rings. The Kier molecular flexibility index (Phi) is 5.32. The Hall–Kier alpha value is -0.860. The molecule has 2 saturated carbocycles. The standard InChI is InChI=1S/C19H29NO/c1-2-15-4-3-5-19(12-15)21-14-17-8-6-16(7-9-17)13-20-18-10-11-18/h6-9,15,18-20H,2-5,10-14H2,1H3. The molecule has 2 fully saturated rings. The van der Waals surface area contributed by atoms with Gasteiger partial charge in [-0.25, -0.2) is 0 Å². The van der Waals surface area contributed by atoms with Crippen molar-refractivity contribution < 1.29 is 4.74 Å². The van der Waals surface area contributed by atoms with Crippen molar-refractivity contribution in [2.75, 3.05) is 0 Å². The maximum absolute atomic E-state index is 6.13. The van der Waals surface area contributed by atoms with Gasteiger partial charge in [0.1, 0.15) is 0 Å². The molecular formula is C19H29NO. The van der Waals surface area contributed by atoms with Crippen LogP contribution in [0.3, 0.4) is 0 Å². The highest BCUT2D eigenvalue weighted by atomic mass is 16.5. The van der Waals surface area contributed by atoms with Crippen LogP contribution in [0.15, 0.2) is 24.3 Å².